The zero-order chi connectivity index (χ0) is 35.5. The zero-order valence-electron chi connectivity index (χ0n) is 29.1. The van der Waals surface area contributed by atoms with Crippen molar-refractivity contribution in [2.24, 2.45) is 9.98 Å². The van der Waals surface area contributed by atoms with Gasteiger partial charge >= 0.3 is 0 Å². The van der Waals surface area contributed by atoms with Crippen molar-refractivity contribution >= 4 is 38.8 Å². The molecule has 0 fully saturated rings. The van der Waals surface area contributed by atoms with Gasteiger partial charge in [-0.3, -0.25) is 0 Å². The molecule has 0 amide bonds. The van der Waals surface area contributed by atoms with Crippen molar-refractivity contribution in [2.45, 2.75) is 12.3 Å². The molecule has 1 aliphatic carbocycles. The summed E-state index contributed by atoms with van der Waals surface area (Å²) in [5.74, 6) is 2.28. The highest BCUT2D eigenvalue weighted by Gasteiger charge is 2.52. The SMILES string of the molecule is C=C(/N=C(\N=C(/C)c1ccccc1)c1ccccc1)c1ccc2c(c1)C1(c3c#cc4ccccc4c3Oc3c1ccc1ccccc31)c1ccccc1-2. The molecule has 2 aliphatic rings. The maximum atomic E-state index is 7.07. The minimum atomic E-state index is -0.732. The molecular formula is C50H32N2O. The maximum Gasteiger partial charge on any atom is 0.160 e. The molecule has 1 heterocycles. The molecule has 53 heavy (non-hydrogen) atoms. The van der Waals surface area contributed by atoms with E-state index in [9.17, 15) is 0 Å². The van der Waals surface area contributed by atoms with Gasteiger partial charge in [0.2, 0.25) is 0 Å². The molecule has 3 heteroatoms. The highest BCUT2D eigenvalue weighted by Crippen LogP contribution is 2.63. The minimum absolute atomic E-state index is 0.609. The summed E-state index contributed by atoms with van der Waals surface area (Å²) >= 11 is 0. The Morgan fingerprint density at radius 3 is 2.06 bits per heavy atom. The molecule has 3 nitrogen and oxygen atoms in total. The lowest BCUT2D eigenvalue weighted by atomic mass is 9.65. The monoisotopic (exact) mass is 676 g/mol. The first-order valence-electron chi connectivity index (χ1n) is 17.9. The largest absolute Gasteiger partial charge is 0.455 e. The first-order chi connectivity index (χ1) is 26.1. The average molecular weight is 677 g/mol. The summed E-state index contributed by atoms with van der Waals surface area (Å²) in [5, 5.41) is 4.17. The summed E-state index contributed by atoms with van der Waals surface area (Å²) in [4.78, 5) is 10.2. The van der Waals surface area contributed by atoms with Crippen LogP contribution in [0.1, 0.15) is 45.9 Å². The molecule has 0 saturated carbocycles. The summed E-state index contributed by atoms with van der Waals surface area (Å²) in [6, 6.07) is 64.1. The third-order valence-corrected chi connectivity index (χ3v) is 10.7. The van der Waals surface area contributed by atoms with Gasteiger partial charge in [-0.1, -0.05) is 164 Å². The lowest BCUT2D eigenvalue weighted by molar-refractivity contribution is 0.447. The van der Waals surface area contributed by atoms with Crippen molar-refractivity contribution in [2.75, 3.05) is 0 Å². The van der Waals surface area contributed by atoms with Gasteiger partial charge in [-0.15, -0.1) is 0 Å². The van der Waals surface area contributed by atoms with Gasteiger partial charge in [0.15, 0.2) is 5.84 Å². The molecule has 0 saturated heterocycles. The molecule has 0 aromatic heterocycles. The molecule has 1 spiro atoms. The van der Waals surface area contributed by atoms with Gasteiger partial charge in [0, 0.05) is 33.0 Å². The van der Waals surface area contributed by atoms with Gasteiger partial charge in [0.1, 0.15) is 11.5 Å². The van der Waals surface area contributed by atoms with E-state index >= 15 is 0 Å². The van der Waals surface area contributed by atoms with Crippen LogP contribution in [0.2, 0.25) is 0 Å². The third kappa shape index (κ3) is 4.70. The number of nitrogens with zero attached hydrogens (tertiary/aromatic N) is 2. The second kappa shape index (κ2) is 12.0. The molecule has 1 unspecified atom stereocenters. The Morgan fingerprint density at radius 1 is 0.547 bits per heavy atom. The maximum absolute atomic E-state index is 7.07. The van der Waals surface area contributed by atoms with E-state index in [-0.39, 0.29) is 0 Å². The Balaban J connectivity index is 1.23. The molecule has 8 aromatic rings. The summed E-state index contributed by atoms with van der Waals surface area (Å²) < 4.78 is 7.07. The normalized spacial score (nSPS) is 13.8. The number of rotatable bonds is 4. The van der Waals surface area contributed by atoms with Crippen LogP contribution in [-0.2, 0) is 5.41 Å². The van der Waals surface area contributed by atoms with E-state index in [1.165, 1.54) is 11.1 Å². The summed E-state index contributed by atoms with van der Waals surface area (Å²) in [6.45, 7) is 6.58. The van der Waals surface area contributed by atoms with Crippen molar-refractivity contribution in [3.05, 3.63) is 221 Å². The molecule has 248 valence electrons. The van der Waals surface area contributed by atoms with E-state index in [1.54, 1.807) is 0 Å². The minimum Gasteiger partial charge on any atom is -0.455 e. The first-order valence-corrected chi connectivity index (χ1v) is 17.9. The van der Waals surface area contributed by atoms with Gasteiger partial charge in [0.05, 0.1) is 16.7 Å². The lowest BCUT2D eigenvalue weighted by Crippen LogP contribution is -2.32. The van der Waals surface area contributed by atoms with Crippen LogP contribution in [0.3, 0.4) is 0 Å². The first kappa shape index (κ1) is 30.8. The van der Waals surface area contributed by atoms with Crippen LogP contribution in [0.4, 0.5) is 0 Å². The standard InChI is InChI=1S/C50H32N2O/c1-32(34-15-5-3-6-16-34)51-49(37-19-7-4-8-20-37)52-33(2)38-25-28-42-41-23-13-14-24-43(41)50(46(42)31-38)44-29-26-35-17-9-11-21-39(35)47(44)53-48-40-22-12-10-18-36(40)27-30-45(48)50/h3-26,28-29,31H,2H2,1H3/b51-32+,52-49-. The van der Waals surface area contributed by atoms with E-state index in [4.69, 9.17) is 14.7 Å². The smallest absolute Gasteiger partial charge is 0.160 e. The Bertz CT molecular complexity index is 2750. The predicted octanol–water partition coefficient (Wildman–Crippen LogP) is 12.0. The van der Waals surface area contributed by atoms with Crippen LogP contribution < -0.4 is 4.74 Å². The van der Waals surface area contributed by atoms with Gasteiger partial charge in [0.25, 0.3) is 0 Å². The second-order valence-electron chi connectivity index (χ2n) is 13.6. The molecule has 8 aromatic carbocycles. The lowest BCUT2D eigenvalue weighted by Gasteiger charge is -2.39. The molecule has 10 rings (SSSR count). The van der Waals surface area contributed by atoms with Crippen molar-refractivity contribution in [1.82, 2.24) is 0 Å². The molecule has 0 radical (unpaired) electrons. The fraction of sp³-hybridized carbons (Fsp3) is 0.0400. The van der Waals surface area contributed by atoms with Crippen molar-refractivity contribution in [3.63, 3.8) is 0 Å². The topological polar surface area (TPSA) is 34.0 Å². The van der Waals surface area contributed by atoms with Gasteiger partial charge in [-0.25, -0.2) is 9.98 Å². The van der Waals surface area contributed by atoms with Crippen LogP contribution in [0.25, 0.3) is 38.4 Å². The second-order valence-corrected chi connectivity index (χ2v) is 13.6. The van der Waals surface area contributed by atoms with E-state index in [0.29, 0.717) is 11.5 Å². The van der Waals surface area contributed by atoms with Crippen LogP contribution in [0.5, 0.6) is 11.5 Å². The number of benzene rings is 7. The fourth-order valence-corrected chi connectivity index (χ4v) is 8.22. The van der Waals surface area contributed by atoms with Crippen molar-refractivity contribution < 1.29 is 4.74 Å². The van der Waals surface area contributed by atoms with Crippen LogP contribution in [0.15, 0.2) is 180 Å². The number of fused-ring (bicyclic) bond motifs is 13. The Labute approximate surface area is 308 Å². The van der Waals surface area contributed by atoms with Crippen molar-refractivity contribution in [3.8, 4) is 22.6 Å². The molecule has 0 bridgehead atoms. The van der Waals surface area contributed by atoms with E-state index in [0.717, 1.165) is 77.7 Å². The number of ether oxygens (including phenoxy) is 1. The average Bonchev–Trinajstić information content (AvgIpc) is 3.51. The van der Waals surface area contributed by atoms with Gasteiger partial charge in [-0.2, -0.15) is 0 Å². The highest BCUT2D eigenvalue weighted by molar-refractivity contribution is 6.12. The highest BCUT2D eigenvalue weighted by atomic mass is 16.5. The molecule has 1 aliphatic heterocycles. The number of hydrogen-bond acceptors (Lipinski definition) is 2. The van der Waals surface area contributed by atoms with Crippen LogP contribution in [0, 0.1) is 12.1 Å². The van der Waals surface area contributed by atoms with Crippen LogP contribution >= 0.6 is 0 Å². The predicted molar refractivity (Wildman–Crippen MR) is 217 cm³/mol. The van der Waals surface area contributed by atoms with E-state index in [1.807, 2.05) is 61.5 Å². The Morgan fingerprint density at radius 2 is 1.23 bits per heavy atom. The Hall–Kier alpha value is -7.02. The van der Waals surface area contributed by atoms with E-state index < -0.39 is 5.41 Å². The Kier molecular flexibility index (Phi) is 7.00. The van der Waals surface area contributed by atoms with E-state index in [2.05, 4.69) is 128 Å². The summed E-state index contributed by atoms with van der Waals surface area (Å²) in [7, 11) is 0. The molecule has 1 atom stereocenters. The number of aliphatic imine (C=N–C) groups is 2. The van der Waals surface area contributed by atoms with Crippen LogP contribution in [-0.4, -0.2) is 11.5 Å². The third-order valence-electron chi connectivity index (χ3n) is 10.7. The molecular weight excluding hydrogens is 645 g/mol. The zero-order valence-corrected chi connectivity index (χ0v) is 29.1. The fourth-order valence-electron chi connectivity index (χ4n) is 8.22. The van der Waals surface area contributed by atoms with Crippen molar-refractivity contribution in [1.29, 1.82) is 0 Å². The number of amidine groups is 1. The molecule has 0 N–H and O–H groups in total. The quantitative estimate of drug-likeness (QED) is 0.135. The van der Waals surface area contributed by atoms with Gasteiger partial charge < -0.3 is 4.74 Å². The van der Waals surface area contributed by atoms with Gasteiger partial charge in [-0.05, 0) is 63.9 Å². The summed E-state index contributed by atoms with van der Waals surface area (Å²) in [6.07, 6.45) is 0. The summed E-state index contributed by atoms with van der Waals surface area (Å²) in [5.41, 5.74) is 10.4. The number of hydrogen-bond donors (Lipinski definition) is 0.